The van der Waals surface area contributed by atoms with Crippen LogP contribution in [0.5, 0.6) is 0 Å². The van der Waals surface area contributed by atoms with Crippen molar-refractivity contribution in [2.75, 3.05) is 13.1 Å². The fraction of sp³-hybridized carbons (Fsp3) is 0.417. The van der Waals surface area contributed by atoms with Crippen molar-refractivity contribution in [2.24, 2.45) is 0 Å². The van der Waals surface area contributed by atoms with Gasteiger partial charge in [-0.1, -0.05) is 6.07 Å². The molecule has 3 rings (SSSR count). The van der Waals surface area contributed by atoms with Gasteiger partial charge in [0.2, 0.25) is 0 Å². The summed E-state index contributed by atoms with van der Waals surface area (Å²) in [6.45, 7) is 1.95. The number of hydrogen-bond donors (Lipinski definition) is 1. The summed E-state index contributed by atoms with van der Waals surface area (Å²) in [5.74, 6) is -0.195. The summed E-state index contributed by atoms with van der Waals surface area (Å²) in [5, 5.41) is 3.32. The first-order valence-electron chi connectivity index (χ1n) is 5.80. The van der Waals surface area contributed by atoms with Crippen molar-refractivity contribution in [3.8, 4) is 0 Å². The molecule has 0 saturated carbocycles. The Morgan fingerprint density at radius 3 is 2.88 bits per heavy atom. The normalized spacial score (nSPS) is 17.8. The van der Waals surface area contributed by atoms with Crippen LogP contribution in [0, 0.1) is 5.82 Å². The molecule has 0 unspecified atom stereocenters. The van der Waals surface area contributed by atoms with Gasteiger partial charge in [-0.05, 0) is 54.0 Å². The average Bonchev–Trinajstić information content (AvgIpc) is 2.68. The molecule has 5 heteroatoms. The molecule has 0 spiro atoms. The van der Waals surface area contributed by atoms with E-state index in [9.17, 15) is 4.39 Å². The van der Waals surface area contributed by atoms with Crippen LogP contribution in [-0.4, -0.2) is 22.6 Å². The summed E-state index contributed by atoms with van der Waals surface area (Å²) in [7, 11) is 0. The van der Waals surface area contributed by atoms with E-state index in [-0.39, 0.29) is 5.82 Å². The molecule has 3 nitrogen and oxygen atoms in total. The number of benzene rings is 1. The molecule has 0 radical (unpaired) electrons. The molecule has 2 heterocycles. The first-order valence-corrected chi connectivity index (χ1v) is 6.59. The lowest BCUT2D eigenvalue weighted by atomic mass is 10.1. The van der Waals surface area contributed by atoms with E-state index in [0.29, 0.717) is 11.6 Å². The van der Waals surface area contributed by atoms with Gasteiger partial charge < -0.3 is 9.88 Å². The predicted molar refractivity (Wildman–Crippen MR) is 68.5 cm³/mol. The molecule has 1 fully saturated rings. The zero-order valence-electron chi connectivity index (χ0n) is 9.29. The molecule has 2 aromatic rings. The zero-order chi connectivity index (χ0) is 11.8. The Morgan fingerprint density at radius 1 is 1.35 bits per heavy atom. The molecule has 17 heavy (non-hydrogen) atoms. The number of hydrogen-bond acceptors (Lipinski definition) is 2. The van der Waals surface area contributed by atoms with Crippen molar-refractivity contribution in [2.45, 2.75) is 18.9 Å². The van der Waals surface area contributed by atoms with Gasteiger partial charge in [-0.15, -0.1) is 0 Å². The first kappa shape index (κ1) is 11.2. The maximum absolute atomic E-state index is 13.9. The van der Waals surface area contributed by atoms with Crippen molar-refractivity contribution in [1.29, 1.82) is 0 Å². The molecule has 1 N–H and O–H groups in total. The molecular weight excluding hydrogens is 285 g/mol. The summed E-state index contributed by atoms with van der Waals surface area (Å²) in [6, 6.07) is 5.37. The average molecular weight is 298 g/mol. The highest BCUT2D eigenvalue weighted by Crippen LogP contribution is 2.30. The fourth-order valence-electron chi connectivity index (χ4n) is 2.48. The topological polar surface area (TPSA) is 29.9 Å². The van der Waals surface area contributed by atoms with E-state index in [4.69, 9.17) is 0 Å². The van der Waals surface area contributed by atoms with E-state index in [1.54, 1.807) is 6.07 Å². The molecule has 0 aliphatic carbocycles. The molecule has 0 bridgehead atoms. The first-order chi connectivity index (χ1) is 8.27. The second-order valence-electron chi connectivity index (χ2n) is 4.34. The van der Waals surface area contributed by atoms with E-state index in [1.807, 2.05) is 10.6 Å². The molecule has 90 valence electrons. The third-order valence-electron chi connectivity index (χ3n) is 3.29. The highest BCUT2D eigenvalue weighted by atomic mass is 79.9. The lowest BCUT2D eigenvalue weighted by Crippen LogP contribution is -2.29. The van der Waals surface area contributed by atoms with E-state index in [2.05, 4.69) is 26.2 Å². The Labute approximate surface area is 107 Å². The Kier molecular flexibility index (Phi) is 2.88. The number of halogens is 2. The standard InChI is InChI=1S/C12H13BrFN3/c13-12-16-10-3-1-2-9(14)11(10)17(12)8-4-6-15-7-5-8/h1-3,8,15H,4-7H2. The van der Waals surface area contributed by atoms with Crippen molar-refractivity contribution in [3.63, 3.8) is 0 Å². The molecule has 1 saturated heterocycles. The van der Waals surface area contributed by atoms with Crippen LogP contribution in [0.3, 0.4) is 0 Å². The maximum atomic E-state index is 13.9. The number of nitrogens with one attached hydrogen (secondary N) is 1. The van der Waals surface area contributed by atoms with Crippen LogP contribution in [0.1, 0.15) is 18.9 Å². The Morgan fingerprint density at radius 2 is 2.12 bits per heavy atom. The van der Waals surface area contributed by atoms with Gasteiger partial charge >= 0.3 is 0 Å². The van der Waals surface area contributed by atoms with E-state index >= 15 is 0 Å². The van der Waals surface area contributed by atoms with Gasteiger partial charge in [0.25, 0.3) is 0 Å². The van der Waals surface area contributed by atoms with Gasteiger partial charge in [0.15, 0.2) is 4.73 Å². The number of nitrogens with zero attached hydrogens (tertiary/aromatic N) is 2. The molecule has 1 aromatic heterocycles. The number of rotatable bonds is 1. The number of imidazole rings is 1. The maximum Gasteiger partial charge on any atom is 0.178 e. The Hall–Kier alpha value is -0.940. The summed E-state index contributed by atoms with van der Waals surface area (Å²) < 4.78 is 16.6. The second-order valence-corrected chi connectivity index (χ2v) is 5.05. The zero-order valence-corrected chi connectivity index (χ0v) is 10.9. The van der Waals surface area contributed by atoms with Gasteiger partial charge in [-0.25, -0.2) is 9.37 Å². The van der Waals surface area contributed by atoms with Crippen LogP contribution in [0.4, 0.5) is 4.39 Å². The van der Waals surface area contributed by atoms with Gasteiger partial charge in [-0.3, -0.25) is 0 Å². The minimum atomic E-state index is -0.195. The van der Waals surface area contributed by atoms with E-state index < -0.39 is 0 Å². The van der Waals surface area contributed by atoms with Crippen molar-refractivity contribution in [1.82, 2.24) is 14.9 Å². The minimum absolute atomic E-state index is 0.195. The number of fused-ring (bicyclic) bond motifs is 1. The summed E-state index contributed by atoms with van der Waals surface area (Å²) in [5.41, 5.74) is 1.33. The summed E-state index contributed by atoms with van der Waals surface area (Å²) >= 11 is 3.44. The van der Waals surface area contributed by atoms with E-state index in [0.717, 1.165) is 36.2 Å². The highest BCUT2D eigenvalue weighted by molar-refractivity contribution is 9.10. The van der Waals surface area contributed by atoms with Crippen molar-refractivity contribution < 1.29 is 4.39 Å². The van der Waals surface area contributed by atoms with Gasteiger partial charge in [-0.2, -0.15) is 0 Å². The van der Waals surface area contributed by atoms with Gasteiger partial charge in [0, 0.05) is 6.04 Å². The molecule has 0 atom stereocenters. The van der Waals surface area contributed by atoms with Gasteiger partial charge in [0.05, 0.1) is 5.52 Å². The SMILES string of the molecule is Fc1cccc2nc(Br)n(C3CCNCC3)c12. The molecule has 1 aromatic carbocycles. The number of aromatic nitrogens is 2. The van der Waals surface area contributed by atoms with Crippen LogP contribution in [0.15, 0.2) is 22.9 Å². The van der Waals surface area contributed by atoms with Crippen LogP contribution >= 0.6 is 15.9 Å². The quantitative estimate of drug-likeness (QED) is 0.877. The number of piperidine rings is 1. The third kappa shape index (κ3) is 1.87. The Bertz CT molecular complexity index is 546. The smallest absolute Gasteiger partial charge is 0.178 e. The van der Waals surface area contributed by atoms with Crippen molar-refractivity contribution in [3.05, 3.63) is 28.7 Å². The summed E-state index contributed by atoms with van der Waals surface area (Å²) in [6.07, 6.45) is 2.02. The van der Waals surface area contributed by atoms with Crippen LogP contribution in [-0.2, 0) is 0 Å². The van der Waals surface area contributed by atoms with E-state index in [1.165, 1.54) is 6.07 Å². The van der Waals surface area contributed by atoms with Gasteiger partial charge in [0.1, 0.15) is 11.3 Å². The largest absolute Gasteiger partial charge is 0.317 e. The monoisotopic (exact) mass is 297 g/mol. The Balaban J connectivity index is 2.16. The van der Waals surface area contributed by atoms with Crippen molar-refractivity contribution >= 4 is 27.0 Å². The van der Waals surface area contributed by atoms with Crippen LogP contribution < -0.4 is 5.32 Å². The molecule has 1 aliphatic heterocycles. The number of para-hydroxylation sites is 1. The fourth-order valence-corrected chi connectivity index (χ4v) is 3.13. The molecule has 1 aliphatic rings. The third-order valence-corrected chi connectivity index (χ3v) is 3.85. The molecular formula is C12H13BrFN3. The lowest BCUT2D eigenvalue weighted by molar-refractivity contribution is 0.368. The minimum Gasteiger partial charge on any atom is -0.317 e. The summed E-state index contributed by atoms with van der Waals surface area (Å²) in [4.78, 5) is 4.37. The van der Waals surface area contributed by atoms with Crippen LogP contribution in [0.2, 0.25) is 0 Å². The lowest BCUT2D eigenvalue weighted by Gasteiger charge is -2.25. The molecule has 0 amide bonds. The predicted octanol–water partition coefficient (Wildman–Crippen LogP) is 2.86. The highest BCUT2D eigenvalue weighted by Gasteiger charge is 2.21. The second kappa shape index (κ2) is 4.38. The van der Waals surface area contributed by atoms with Crippen LogP contribution in [0.25, 0.3) is 11.0 Å².